The first-order valence-corrected chi connectivity index (χ1v) is 8.89. The van der Waals surface area contributed by atoms with E-state index in [1.807, 2.05) is 31.0 Å². The van der Waals surface area contributed by atoms with Crippen LogP contribution >= 0.6 is 15.9 Å². The Morgan fingerprint density at radius 1 is 1.21 bits per heavy atom. The van der Waals surface area contributed by atoms with Crippen molar-refractivity contribution in [3.05, 3.63) is 39.1 Å². The molecular weight excluding hydrogens is 372 g/mol. The summed E-state index contributed by atoms with van der Waals surface area (Å²) >= 11 is 3.49. The summed E-state index contributed by atoms with van der Waals surface area (Å²) in [5, 5.41) is 12.9. The molecule has 0 bridgehead atoms. The Bertz CT molecular complexity index is 698. The highest BCUT2D eigenvalue weighted by molar-refractivity contribution is 9.10. The molecule has 0 atom stereocenters. The van der Waals surface area contributed by atoms with E-state index >= 15 is 0 Å². The van der Waals surface area contributed by atoms with E-state index in [1.54, 1.807) is 19.1 Å². The summed E-state index contributed by atoms with van der Waals surface area (Å²) in [6, 6.07) is 3.96. The van der Waals surface area contributed by atoms with Crippen molar-refractivity contribution in [2.24, 2.45) is 0 Å². The van der Waals surface area contributed by atoms with Gasteiger partial charge >= 0.3 is 0 Å². The maximum atomic E-state index is 13.0. The molecule has 0 saturated carbocycles. The topological polar surface area (TPSA) is 53.0 Å². The number of carbonyl (C=O) groups is 1. The molecule has 1 spiro atoms. The lowest BCUT2D eigenvalue weighted by Crippen LogP contribution is -2.53. The van der Waals surface area contributed by atoms with Crippen LogP contribution in [0.25, 0.3) is 5.57 Å². The predicted octanol–water partition coefficient (Wildman–Crippen LogP) is 3.20. The van der Waals surface area contributed by atoms with Gasteiger partial charge in [-0.2, -0.15) is 5.06 Å². The number of carbonyl (C=O) groups excluding carboxylic acids is 1. The zero-order valence-electron chi connectivity index (χ0n) is 14.5. The number of aliphatic hydroxyl groups is 1. The van der Waals surface area contributed by atoms with E-state index in [0.717, 1.165) is 21.2 Å². The summed E-state index contributed by atoms with van der Waals surface area (Å²) < 4.78 is 0.975. The summed E-state index contributed by atoms with van der Waals surface area (Å²) in [6.45, 7) is 5.31. The molecule has 1 saturated heterocycles. The molecule has 0 aliphatic carbocycles. The number of rotatable bonds is 2. The largest absolute Gasteiger partial charge is 0.509 e. The molecule has 2 heterocycles. The Morgan fingerprint density at radius 3 is 2.25 bits per heavy atom. The molecule has 24 heavy (non-hydrogen) atoms. The van der Waals surface area contributed by atoms with Crippen LogP contribution in [0.4, 0.5) is 0 Å². The van der Waals surface area contributed by atoms with Gasteiger partial charge in [0.1, 0.15) is 11.3 Å². The Morgan fingerprint density at radius 2 is 1.75 bits per heavy atom. The van der Waals surface area contributed by atoms with E-state index in [4.69, 9.17) is 4.84 Å². The van der Waals surface area contributed by atoms with Gasteiger partial charge < -0.3 is 14.8 Å². The molecule has 130 valence electrons. The van der Waals surface area contributed by atoms with Gasteiger partial charge in [-0.15, -0.1) is 0 Å². The molecule has 1 N–H and O–H groups in total. The zero-order valence-corrected chi connectivity index (χ0v) is 16.1. The number of aliphatic hydroxyl groups excluding tert-OH is 1. The highest BCUT2D eigenvalue weighted by atomic mass is 79.9. The summed E-state index contributed by atoms with van der Waals surface area (Å²) in [5.41, 5.74) is 2.64. The Balaban J connectivity index is 2.10. The van der Waals surface area contributed by atoms with Crippen molar-refractivity contribution >= 4 is 27.4 Å². The number of halogens is 1. The standard InChI is InChI=1S/C18H23BrN2O3/c1-11-9-13(19)10-12(2)14(11)15-16(22)18(20(3)17(15)23)5-7-21(24-4)8-6-18/h9-10,22H,5-8H2,1-4H3. The van der Waals surface area contributed by atoms with Crippen LogP contribution in [0.3, 0.4) is 0 Å². The van der Waals surface area contributed by atoms with E-state index in [0.29, 0.717) is 31.5 Å². The number of amides is 1. The Hall–Kier alpha value is -1.37. The van der Waals surface area contributed by atoms with Crippen LogP contribution in [0.1, 0.15) is 29.5 Å². The molecule has 6 heteroatoms. The van der Waals surface area contributed by atoms with Crippen molar-refractivity contribution in [2.45, 2.75) is 32.2 Å². The average molecular weight is 395 g/mol. The van der Waals surface area contributed by atoms with Gasteiger partial charge in [0.05, 0.1) is 12.7 Å². The van der Waals surface area contributed by atoms with Crippen LogP contribution in [0, 0.1) is 13.8 Å². The van der Waals surface area contributed by atoms with Crippen LogP contribution in [0.15, 0.2) is 22.4 Å². The molecule has 1 fully saturated rings. The summed E-state index contributed by atoms with van der Waals surface area (Å²) in [6.07, 6.45) is 1.32. The SMILES string of the molecule is CON1CCC2(CC1)C(O)=C(c1c(C)cc(Br)cc1C)C(=O)N2C. The normalized spacial score (nSPS) is 21.2. The van der Waals surface area contributed by atoms with Gasteiger partial charge in [-0.3, -0.25) is 4.79 Å². The maximum Gasteiger partial charge on any atom is 0.258 e. The number of hydroxylamine groups is 2. The molecule has 1 aromatic carbocycles. The second-order valence-corrected chi connectivity index (χ2v) is 7.56. The zero-order chi connectivity index (χ0) is 17.6. The van der Waals surface area contributed by atoms with Crippen molar-refractivity contribution in [3.8, 4) is 0 Å². The highest BCUT2D eigenvalue weighted by Crippen LogP contribution is 2.45. The fraction of sp³-hybridized carbons (Fsp3) is 0.500. The molecule has 3 rings (SSSR count). The molecule has 1 amide bonds. The van der Waals surface area contributed by atoms with Gasteiger partial charge in [0.25, 0.3) is 5.91 Å². The molecule has 1 aromatic rings. The number of piperidine rings is 1. The molecular formula is C18H23BrN2O3. The maximum absolute atomic E-state index is 13.0. The van der Waals surface area contributed by atoms with Crippen LogP contribution in [-0.4, -0.2) is 53.8 Å². The van der Waals surface area contributed by atoms with Crippen LogP contribution in [0.2, 0.25) is 0 Å². The lowest BCUT2D eigenvalue weighted by atomic mass is 9.84. The van der Waals surface area contributed by atoms with Crippen molar-refractivity contribution in [2.75, 3.05) is 27.2 Å². The lowest BCUT2D eigenvalue weighted by molar-refractivity contribution is -0.162. The first-order valence-electron chi connectivity index (χ1n) is 8.10. The Kier molecular flexibility index (Phi) is 4.49. The third-order valence-corrected chi connectivity index (χ3v) is 5.85. The first kappa shape index (κ1) is 17.5. The number of likely N-dealkylation sites (N-methyl/N-ethyl adjacent to an activating group) is 1. The van der Waals surface area contributed by atoms with Crippen molar-refractivity contribution in [1.29, 1.82) is 0 Å². The van der Waals surface area contributed by atoms with Crippen LogP contribution in [-0.2, 0) is 9.63 Å². The minimum Gasteiger partial charge on any atom is -0.509 e. The van der Waals surface area contributed by atoms with Crippen molar-refractivity contribution < 1.29 is 14.7 Å². The minimum atomic E-state index is -0.618. The number of hydrogen-bond donors (Lipinski definition) is 1. The van der Waals surface area contributed by atoms with E-state index in [1.165, 1.54) is 0 Å². The second kappa shape index (κ2) is 6.17. The monoisotopic (exact) mass is 394 g/mol. The molecule has 5 nitrogen and oxygen atoms in total. The molecule has 0 radical (unpaired) electrons. The minimum absolute atomic E-state index is 0.105. The van der Waals surface area contributed by atoms with Crippen molar-refractivity contribution in [1.82, 2.24) is 9.96 Å². The van der Waals surface area contributed by atoms with Crippen LogP contribution in [0.5, 0.6) is 0 Å². The molecule has 0 aromatic heterocycles. The summed E-state index contributed by atoms with van der Waals surface area (Å²) in [4.78, 5) is 20.0. The highest BCUT2D eigenvalue weighted by Gasteiger charge is 2.52. The average Bonchev–Trinajstić information content (AvgIpc) is 2.71. The molecule has 2 aliphatic heterocycles. The van der Waals surface area contributed by atoms with E-state index in [-0.39, 0.29) is 11.7 Å². The number of benzene rings is 1. The fourth-order valence-electron chi connectivity index (χ4n) is 4.00. The first-order chi connectivity index (χ1) is 11.3. The smallest absolute Gasteiger partial charge is 0.258 e. The number of aryl methyl sites for hydroxylation is 2. The van der Waals surface area contributed by atoms with Gasteiger partial charge in [0.15, 0.2) is 0 Å². The van der Waals surface area contributed by atoms with Gasteiger partial charge in [0, 0.05) is 24.6 Å². The fourth-order valence-corrected chi connectivity index (χ4v) is 4.68. The molecule has 2 aliphatic rings. The van der Waals surface area contributed by atoms with Gasteiger partial charge in [-0.1, -0.05) is 15.9 Å². The predicted molar refractivity (Wildman–Crippen MR) is 96.5 cm³/mol. The van der Waals surface area contributed by atoms with E-state index in [9.17, 15) is 9.90 Å². The number of hydrogen-bond acceptors (Lipinski definition) is 4. The van der Waals surface area contributed by atoms with Gasteiger partial charge in [-0.05, 0) is 55.5 Å². The summed E-state index contributed by atoms with van der Waals surface area (Å²) in [7, 11) is 3.44. The molecule has 0 unspecified atom stereocenters. The number of nitrogens with zero attached hydrogens (tertiary/aromatic N) is 2. The van der Waals surface area contributed by atoms with E-state index in [2.05, 4.69) is 15.9 Å². The van der Waals surface area contributed by atoms with Gasteiger partial charge in [-0.25, -0.2) is 0 Å². The van der Waals surface area contributed by atoms with E-state index < -0.39 is 5.54 Å². The third-order valence-electron chi connectivity index (χ3n) is 5.39. The van der Waals surface area contributed by atoms with Crippen molar-refractivity contribution in [3.63, 3.8) is 0 Å². The lowest BCUT2D eigenvalue weighted by Gasteiger charge is -2.42. The third kappa shape index (κ3) is 2.48. The summed E-state index contributed by atoms with van der Waals surface area (Å²) in [5.74, 6) is 0.103. The quantitative estimate of drug-likeness (QED) is 0.836. The Labute approximate surface area is 151 Å². The van der Waals surface area contributed by atoms with Crippen LogP contribution < -0.4 is 0 Å². The van der Waals surface area contributed by atoms with Gasteiger partial charge in [0.2, 0.25) is 0 Å². The second-order valence-electron chi connectivity index (χ2n) is 6.65.